The molecule has 2 atom stereocenters. The average Bonchev–Trinajstić information content (AvgIpc) is 2.85. The van der Waals surface area contributed by atoms with Gasteiger partial charge in [-0.15, -0.1) is 0 Å². The van der Waals surface area contributed by atoms with E-state index in [0.29, 0.717) is 5.69 Å². The Balaban J connectivity index is 2.06. The number of amides is 1. The number of carbonyl (C=O) groups excluding carboxylic acids is 1. The Kier molecular flexibility index (Phi) is 2.89. The van der Waals surface area contributed by atoms with Gasteiger partial charge in [0.25, 0.3) is 0 Å². The number of nitrogens with one attached hydrogen (secondary N) is 1. The number of benzene rings is 1. The maximum absolute atomic E-state index is 12.0. The van der Waals surface area contributed by atoms with Gasteiger partial charge in [0.15, 0.2) is 0 Å². The molecule has 18 heavy (non-hydrogen) atoms. The maximum Gasteiger partial charge on any atom is 0.307 e. The molecule has 2 N–H and O–H groups in total. The minimum Gasteiger partial charge on any atom is -0.481 e. The van der Waals surface area contributed by atoms with E-state index < -0.39 is 23.2 Å². The van der Waals surface area contributed by atoms with E-state index in [1.165, 1.54) is 0 Å². The maximum atomic E-state index is 12.0. The highest BCUT2D eigenvalue weighted by Crippen LogP contribution is 2.58. The van der Waals surface area contributed by atoms with Gasteiger partial charge in [-0.05, 0) is 24.5 Å². The fourth-order valence-corrected chi connectivity index (χ4v) is 2.44. The highest BCUT2D eigenvalue weighted by molar-refractivity contribution is 5.99. The van der Waals surface area contributed by atoms with Gasteiger partial charge in [-0.2, -0.15) is 0 Å². The van der Waals surface area contributed by atoms with E-state index >= 15 is 0 Å². The summed E-state index contributed by atoms with van der Waals surface area (Å²) in [6.45, 7) is 5.59. The molecule has 2 rings (SSSR count). The normalized spacial score (nSPS) is 24.4. The molecule has 0 heterocycles. The van der Waals surface area contributed by atoms with Crippen LogP contribution < -0.4 is 5.32 Å². The van der Waals surface area contributed by atoms with E-state index in [0.717, 1.165) is 5.56 Å². The van der Waals surface area contributed by atoms with Crippen LogP contribution in [0.25, 0.3) is 0 Å². The first-order valence-corrected chi connectivity index (χ1v) is 5.94. The summed E-state index contributed by atoms with van der Waals surface area (Å²) in [6, 6.07) is 7.45. The standard InChI is InChI=1S/C14H17NO3/c1-8-4-6-9(7-5-8)15-12(16)10-11(13(17)18)14(10,2)3/h4-7,10-11H,1-3H3,(H,15,16)(H,17,18)/t10-,11+/m1/s1. The lowest BCUT2D eigenvalue weighted by Crippen LogP contribution is -2.17. The molecule has 1 aliphatic rings. The number of carbonyl (C=O) groups is 2. The molecule has 96 valence electrons. The molecule has 0 spiro atoms. The first kappa shape index (κ1) is 12.6. The molecule has 1 aromatic rings. The Bertz CT molecular complexity index is 490. The number of aryl methyl sites for hydroxylation is 1. The van der Waals surface area contributed by atoms with Crippen molar-refractivity contribution in [1.82, 2.24) is 0 Å². The van der Waals surface area contributed by atoms with Crippen LogP contribution in [0.1, 0.15) is 19.4 Å². The van der Waals surface area contributed by atoms with Crippen molar-refractivity contribution >= 4 is 17.6 Å². The quantitative estimate of drug-likeness (QED) is 0.861. The minimum absolute atomic E-state index is 0.212. The Labute approximate surface area is 106 Å². The van der Waals surface area contributed by atoms with Gasteiger partial charge in [0.2, 0.25) is 5.91 Å². The molecule has 0 aromatic heterocycles. The van der Waals surface area contributed by atoms with Crippen molar-refractivity contribution in [3.8, 4) is 0 Å². The number of carboxylic acid groups (broad SMARTS) is 1. The van der Waals surface area contributed by atoms with E-state index in [2.05, 4.69) is 5.32 Å². The van der Waals surface area contributed by atoms with Crippen molar-refractivity contribution in [3.63, 3.8) is 0 Å². The molecule has 4 heteroatoms. The summed E-state index contributed by atoms with van der Waals surface area (Å²) in [5.74, 6) is -2.14. The molecule has 4 nitrogen and oxygen atoms in total. The van der Waals surface area contributed by atoms with Crippen LogP contribution in [0.5, 0.6) is 0 Å². The van der Waals surface area contributed by atoms with Gasteiger partial charge in [0, 0.05) is 5.69 Å². The Morgan fingerprint density at radius 2 is 1.72 bits per heavy atom. The van der Waals surface area contributed by atoms with Gasteiger partial charge in [-0.25, -0.2) is 0 Å². The molecule has 1 aromatic carbocycles. The molecule has 1 aliphatic carbocycles. The average molecular weight is 247 g/mol. The number of rotatable bonds is 3. The largest absolute Gasteiger partial charge is 0.481 e. The van der Waals surface area contributed by atoms with Crippen molar-refractivity contribution in [1.29, 1.82) is 0 Å². The first-order valence-electron chi connectivity index (χ1n) is 5.94. The molecule has 0 bridgehead atoms. The van der Waals surface area contributed by atoms with Gasteiger partial charge in [0.05, 0.1) is 11.8 Å². The zero-order valence-electron chi connectivity index (χ0n) is 10.7. The third-order valence-corrected chi connectivity index (χ3v) is 3.69. The third-order valence-electron chi connectivity index (χ3n) is 3.69. The highest BCUT2D eigenvalue weighted by Gasteiger charge is 2.65. The molecule has 0 radical (unpaired) electrons. The zero-order chi connectivity index (χ0) is 13.5. The highest BCUT2D eigenvalue weighted by atomic mass is 16.4. The number of carboxylic acids is 1. The fourth-order valence-electron chi connectivity index (χ4n) is 2.44. The van der Waals surface area contributed by atoms with Gasteiger partial charge in [-0.3, -0.25) is 9.59 Å². The summed E-state index contributed by atoms with van der Waals surface area (Å²) in [4.78, 5) is 23.0. The summed E-state index contributed by atoms with van der Waals surface area (Å²) in [5.41, 5.74) is 1.36. The van der Waals surface area contributed by atoms with Crippen molar-refractivity contribution in [2.75, 3.05) is 5.32 Å². The van der Waals surface area contributed by atoms with Gasteiger partial charge < -0.3 is 10.4 Å². The van der Waals surface area contributed by atoms with Crippen LogP contribution >= 0.6 is 0 Å². The van der Waals surface area contributed by atoms with Crippen LogP contribution in [-0.4, -0.2) is 17.0 Å². The summed E-state index contributed by atoms with van der Waals surface area (Å²) >= 11 is 0. The summed E-state index contributed by atoms with van der Waals surface area (Å²) in [6.07, 6.45) is 0. The number of hydrogen-bond donors (Lipinski definition) is 2. The van der Waals surface area contributed by atoms with Crippen molar-refractivity contribution in [2.45, 2.75) is 20.8 Å². The van der Waals surface area contributed by atoms with E-state index in [-0.39, 0.29) is 5.91 Å². The Hall–Kier alpha value is -1.84. The minimum atomic E-state index is -0.899. The van der Waals surface area contributed by atoms with Crippen LogP contribution in [0.15, 0.2) is 24.3 Å². The monoisotopic (exact) mass is 247 g/mol. The second-order valence-corrected chi connectivity index (χ2v) is 5.47. The lowest BCUT2D eigenvalue weighted by molar-refractivity contribution is -0.140. The first-order chi connectivity index (χ1) is 8.34. The number of hydrogen-bond acceptors (Lipinski definition) is 2. The topological polar surface area (TPSA) is 66.4 Å². The number of aliphatic carboxylic acids is 1. The molecule has 1 saturated carbocycles. The van der Waals surface area contributed by atoms with Crippen LogP contribution in [0.4, 0.5) is 5.69 Å². The predicted octanol–water partition coefficient (Wildman–Crippen LogP) is 2.29. The van der Waals surface area contributed by atoms with Gasteiger partial charge in [0.1, 0.15) is 0 Å². The number of anilines is 1. The summed E-state index contributed by atoms with van der Waals surface area (Å²) in [7, 11) is 0. The van der Waals surface area contributed by atoms with Crippen molar-refractivity contribution < 1.29 is 14.7 Å². The van der Waals surface area contributed by atoms with Crippen molar-refractivity contribution in [2.24, 2.45) is 17.3 Å². The van der Waals surface area contributed by atoms with Crippen LogP contribution in [0, 0.1) is 24.2 Å². The SMILES string of the molecule is Cc1ccc(NC(=O)[C@H]2[C@@H](C(=O)O)C2(C)C)cc1. The van der Waals surface area contributed by atoms with E-state index in [9.17, 15) is 9.59 Å². The Morgan fingerprint density at radius 3 is 2.17 bits per heavy atom. The van der Waals surface area contributed by atoms with E-state index in [1.54, 1.807) is 0 Å². The second-order valence-electron chi connectivity index (χ2n) is 5.47. The van der Waals surface area contributed by atoms with E-state index in [4.69, 9.17) is 5.11 Å². The lowest BCUT2D eigenvalue weighted by Gasteiger charge is -2.06. The van der Waals surface area contributed by atoms with Crippen molar-refractivity contribution in [3.05, 3.63) is 29.8 Å². The lowest BCUT2D eigenvalue weighted by atomic mass is 10.1. The predicted molar refractivity (Wildman–Crippen MR) is 68.2 cm³/mol. The summed E-state index contributed by atoms with van der Waals surface area (Å²) < 4.78 is 0. The smallest absolute Gasteiger partial charge is 0.307 e. The van der Waals surface area contributed by atoms with Crippen LogP contribution in [-0.2, 0) is 9.59 Å². The molecule has 1 amide bonds. The second kappa shape index (κ2) is 4.12. The molecular formula is C14H17NO3. The molecular weight excluding hydrogens is 230 g/mol. The summed E-state index contributed by atoms with van der Waals surface area (Å²) in [5, 5.41) is 11.8. The van der Waals surface area contributed by atoms with E-state index in [1.807, 2.05) is 45.0 Å². The molecule has 1 fully saturated rings. The third kappa shape index (κ3) is 2.10. The van der Waals surface area contributed by atoms with Gasteiger partial charge in [-0.1, -0.05) is 31.5 Å². The van der Waals surface area contributed by atoms with Crippen LogP contribution in [0.2, 0.25) is 0 Å². The fraction of sp³-hybridized carbons (Fsp3) is 0.429. The molecule has 0 saturated heterocycles. The Morgan fingerprint density at radius 1 is 1.17 bits per heavy atom. The molecule has 0 aliphatic heterocycles. The van der Waals surface area contributed by atoms with Crippen LogP contribution in [0.3, 0.4) is 0 Å². The zero-order valence-corrected chi connectivity index (χ0v) is 10.7. The van der Waals surface area contributed by atoms with Gasteiger partial charge >= 0.3 is 5.97 Å². The molecule has 0 unspecified atom stereocenters.